The lowest BCUT2D eigenvalue weighted by molar-refractivity contribution is -0.150. The lowest BCUT2D eigenvalue weighted by Crippen LogP contribution is -2.53. The number of nitrogens with zero attached hydrogens (tertiary/aromatic N) is 1. The van der Waals surface area contributed by atoms with Crippen molar-refractivity contribution < 1.29 is 24.2 Å². The minimum atomic E-state index is -0.980. The van der Waals surface area contributed by atoms with Crippen molar-refractivity contribution in [2.75, 3.05) is 0 Å². The number of amides is 2. The van der Waals surface area contributed by atoms with Crippen LogP contribution in [0.15, 0.2) is 0 Å². The number of aliphatic carboxylic acids is 1. The number of rotatable bonds is 2. The number of carbonyl (C=O) groups is 3. The zero-order chi connectivity index (χ0) is 17.4. The number of ether oxygens (including phenoxy) is 1. The summed E-state index contributed by atoms with van der Waals surface area (Å²) in [4.78, 5) is 37.6. The molecule has 2 aliphatic heterocycles. The Morgan fingerprint density at radius 1 is 1.26 bits per heavy atom. The van der Waals surface area contributed by atoms with Gasteiger partial charge in [0.25, 0.3) is 0 Å². The van der Waals surface area contributed by atoms with E-state index >= 15 is 0 Å². The van der Waals surface area contributed by atoms with Crippen LogP contribution in [0.1, 0.15) is 53.4 Å². The SMILES string of the molecule is CC1CC(NC(=O)OC(C)(C)C)C(=O)N2C(CCC2C(=O)O)C1. The molecule has 2 saturated heterocycles. The quantitative estimate of drug-likeness (QED) is 0.806. The van der Waals surface area contributed by atoms with Crippen molar-refractivity contribution in [3.8, 4) is 0 Å². The number of carbonyl (C=O) groups excluding carboxylic acids is 2. The second kappa shape index (κ2) is 6.37. The van der Waals surface area contributed by atoms with Crippen LogP contribution >= 0.6 is 0 Å². The zero-order valence-corrected chi connectivity index (χ0v) is 14.2. The molecule has 130 valence electrons. The van der Waals surface area contributed by atoms with Gasteiger partial charge in [-0.25, -0.2) is 9.59 Å². The third-order valence-corrected chi connectivity index (χ3v) is 4.34. The highest BCUT2D eigenvalue weighted by atomic mass is 16.6. The molecule has 2 rings (SSSR count). The van der Waals surface area contributed by atoms with Crippen LogP contribution in [-0.4, -0.2) is 51.7 Å². The Morgan fingerprint density at radius 3 is 2.48 bits per heavy atom. The third-order valence-electron chi connectivity index (χ3n) is 4.34. The van der Waals surface area contributed by atoms with Crippen LogP contribution in [0, 0.1) is 5.92 Å². The first-order valence-corrected chi connectivity index (χ1v) is 8.13. The van der Waals surface area contributed by atoms with Crippen LogP contribution in [0.25, 0.3) is 0 Å². The van der Waals surface area contributed by atoms with Crippen LogP contribution in [0.3, 0.4) is 0 Å². The highest BCUT2D eigenvalue weighted by Crippen LogP contribution is 2.34. The Hall–Kier alpha value is -1.79. The number of alkyl carbamates (subject to hydrolysis) is 1. The molecule has 2 heterocycles. The first-order chi connectivity index (χ1) is 10.6. The van der Waals surface area contributed by atoms with E-state index in [1.165, 1.54) is 4.90 Å². The average molecular weight is 326 g/mol. The minimum absolute atomic E-state index is 0.0518. The summed E-state index contributed by atoms with van der Waals surface area (Å²) in [6.07, 6.45) is 1.79. The molecule has 4 unspecified atom stereocenters. The highest BCUT2D eigenvalue weighted by molar-refractivity contribution is 5.90. The normalized spacial score (nSPS) is 31.3. The molecule has 4 atom stereocenters. The number of fused-ring (bicyclic) bond motifs is 1. The topological polar surface area (TPSA) is 95.9 Å². The molecule has 0 saturated carbocycles. The third kappa shape index (κ3) is 4.14. The summed E-state index contributed by atoms with van der Waals surface area (Å²) in [5.74, 6) is -1.07. The summed E-state index contributed by atoms with van der Waals surface area (Å²) in [5.41, 5.74) is -0.650. The summed E-state index contributed by atoms with van der Waals surface area (Å²) in [6, 6.07) is -1.57. The maximum absolute atomic E-state index is 12.8. The molecule has 0 spiro atoms. The highest BCUT2D eigenvalue weighted by Gasteiger charge is 2.46. The molecule has 23 heavy (non-hydrogen) atoms. The van der Waals surface area contributed by atoms with Gasteiger partial charge in [-0.3, -0.25) is 4.79 Å². The van der Waals surface area contributed by atoms with Gasteiger partial charge in [0.1, 0.15) is 17.7 Å². The van der Waals surface area contributed by atoms with Crippen molar-refractivity contribution in [1.82, 2.24) is 10.2 Å². The predicted molar refractivity (Wildman–Crippen MR) is 82.8 cm³/mol. The van der Waals surface area contributed by atoms with Gasteiger partial charge in [0.2, 0.25) is 5.91 Å². The molecule has 2 amide bonds. The van der Waals surface area contributed by atoms with Gasteiger partial charge in [0, 0.05) is 6.04 Å². The molecule has 0 bridgehead atoms. The Balaban J connectivity index is 2.15. The maximum Gasteiger partial charge on any atom is 0.408 e. The van der Waals surface area contributed by atoms with Crippen molar-refractivity contribution in [2.24, 2.45) is 5.92 Å². The average Bonchev–Trinajstić information content (AvgIpc) is 2.73. The fourth-order valence-corrected chi connectivity index (χ4v) is 3.50. The summed E-state index contributed by atoms with van der Waals surface area (Å²) in [5, 5.41) is 12.0. The molecule has 2 fully saturated rings. The van der Waals surface area contributed by atoms with Gasteiger partial charge in [-0.2, -0.15) is 0 Å². The van der Waals surface area contributed by atoms with Gasteiger partial charge < -0.3 is 20.1 Å². The molecule has 7 nitrogen and oxygen atoms in total. The van der Waals surface area contributed by atoms with Crippen molar-refractivity contribution >= 4 is 18.0 Å². The van der Waals surface area contributed by atoms with Crippen molar-refractivity contribution in [3.63, 3.8) is 0 Å². The summed E-state index contributed by atoms with van der Waals surface area (Å²) < 4.78 is 5.21. The van der Waals surface area contributed by atoms with E-state index in [0.29, 0.717) is 19.3 Å². The van der Waals surface area contributed by atoms with E-state index in [0.717, 1.165) is 6.42 Å². The molecule has 0 aromatic rings. The second-order valence-corrected chi connectivity index (χ2v) is 7.61. The maximum atomic E-state index is 12.8. The summed E-state index contributed by atoms with van der Waals surface area (Å²) in [6.45, 7) is 7.28. The predicted octanol–water partition coefficient (Wildman–Crippen LogP) is 1.75. The van der Waals surface area contributed by atoms with Crippen LogP contribution in [0.5, 0.6) is 0 Å². The Kier molecular flexibility index (Phi) is 4.87. The molecule has 2 N–H and O–H groups in total. The molecule has 0 aliphatic carbocycles. The summed E-state index contributed by atoms with van der Waals surface area (Å²) in [7, 11) is 0. The van der Waals surface area contributed by atoms with E-state index < -0.39 is 29.7 Å². The zero-order valence-electron chi connectivity index (χ0n) is 14.2. The monoisotopic (exact) mass is 326 g/mol. The smallest absolute Gasteiger partial charge is 0.408 e. The van der Waals surface area contributed by atoms with E-state index in [1.807, 2.05) is 6.92 Å². The van der Waals surface area contributed by atoms with Gasteiger partial charge in [-0.05, 0) is 52.4 Å². The van der Waals surface area contributed by atoms with Crippen molar-refractivity contribution in [2.45, 2.75) is 77.1 Å². The number of carboxylic acid groups (broad SMARTS) is 1. The van der Waals surface area contributed by atoms with Crippen molar-refractivity contribution in [3.05, 3.63) is 0 Å². The lowest BCUT2D eigenvalue weighted by atomic mass is 9.96. The molecule has 0 aromatic carbocycles. The van der Waals surface area contributed by atoms with E-state index in [-0.39, 0.29) is 17.9 Å². The van der Waals surface area contributed by atoms with E-state index in [1.54, 1.807) is 20.8 Å². The first-order valence-electron chi connectivity index (χ1n) is 8.13. The lowest BCUT2D eigenvalue weighted by Gasteiger charge is -2.29. The fourth-order valence-electron chi connectivity index (χ4n) is 3.50. The minimum Gasteiger partial charge on any atom is -0.480 e. The summed E-state index contributed by atoms with van der Waals surface area (Å²) >= 11 is 0. The Bertz CT molecular complexity index is 499. The van der Waals surface area contributed by atoms with Crippen LogP contribution in [0.4, 0.5) is 4.79 Å². The molecule has 0 aromatic heterocycles. The van der Waals surface area contributed by atoms with E-state index in [9.17, 15) is 19.5 Å². The second-order valence-electron chi connectivity index (χ2n) is 7.61. The number of hydrogen-bond acceptors (Lipinski definition) is 4. The van der Waals surface area contributed by atoms with E-state index in [2.05, 4.69) is 5.32 Å². The Morgan fingerprint density at radius 2 is 1.91 bits per heavy atom. The van der Waals surface area contributed by atoms with Gasteiger partial charge in [0.05, 0.1) is 0 Å². The van der Waals surface area contributed by atoms with Crippen LogP contribution in [0.2, 0.25) is 0 Å². The van der Waals surface area contributed by atoms with Crippen LogP contribution in [-0.2, 0) is 14.3 Å². The molecule has 7 heteroatoms. The number of hydrogen-bond donors (Lipinski definition) is 2. The van der Waals surface area contributed by atoms with Crippen LogP contribution < -0.4 is 5.32 Å². The first kappa shape index (κ1) is 17.6. The molecular weight excluding hydrogens is 300 g/mol. The number of carboxylic acids is 1. The van der Waals surface area contributed by atoms with Gasteiger partial charge in [-0.15, -0.1) is 0 Å². The largest absolute Gasteiger partial charge is 0.480 e. The van der Waals surface area contributed by atoms with Gasteiger partial charge in [0.15, 0.2) is 0 Å². The molecular formula is C16H26N2O5. The van der Waals surface area contributed by atoms with Crippen molar-refractivity contribution in [1.29, 1.82) is 0 Å². The Labute approximate surface area is 136 Å². The molecule has 2 aliphatic rings. The standard InChI is InChI=1S/C16H26N2O5/c1-9-7-10-5-6-12(14(20)21)18(10)13(19)11(8-9)17-15(22)23-16(2,3)4/h9-12H,5-8H2,1-4H3,(H,17,22)(H,20,21). The van der Waals surface area contributed by atoms with Gasteiger partial charge >= 0.3 is 12.1 Å². The molecule has 0 radical (unpaired) electrons. The number of nitrogens with one attached hydrogen (secondary N) is 1. The van der Waals surface area contributed by atoms with Gasteiger partial charge in [-0.1, -0.05) is 6.92 Å². The fraction of sp³-hybridized carbons (Fsp3) is 0.812. The van der Waals surface area contributed by atoms with E-state index in [4.69, 9.17) is 4.74 Å².